The van der Waals surface area contributed by atoms with Gasteiger partial charge in [0.25, 0.3) is 0 Å². The largest absolute Gasteiger partial charge is 0.347 e. The Hall–Kier alpha value is -4.12. The third-order valence-electron chi connectivity index (χ3n) is 4.55. The number of carbonyl (C=O) groups excluding carboxylic acids is 3. The Morgan fingerprint density at radius 2 is 1.79 bits per heavy atom. The van der Waals surface area contributed by atoms with E-state index in [1.165, 1.54) is 30.4 Å². The van der Waals surface area contributed by atoms with Crippen LogP contribution in [0.25, 0.3) is 16.3 Å². The van der Waals surface area contributed by atoms with Gasteiger partial charge in [-0.25, -0.2) is 8.91 Å². The van der Waals surface area contributed by atoms with Crippen LogP contribution in [-0.2, 0) is 20.8 Å². The Morgan fingerprint density at radius 3 is 2.55 bits per heavy atom. The number of nitrogens with one attached hydrogen (secondary N) is 3. The minimum absolute atomic E-state index is 0.208. The van der Waals surface area contributed by atoms with Crippen molar-refractivity contribution in [2.75, 3.05) is 17.2 Å². The molecule has 11 heteroatoms. The zero-order valence-electron chi connectivity index (χ0n) is 17.5. The molecule has 0 fully saturated rings. The van der Waals surface area contributed by atoms with E-state index >= 15 is 0 Å². The van der Waals surface area contributed by atoms with Gasteiger partial charge in [-0.15, -0.1) is 16.4 Å². The van der Waals surface area contributed by atoms with Crippen molar-refractivity contribution in [1.29, 1.82) is 0 Å². The van der Waals surface area contributed by atoms with Crippen LogP contribution in [-0.4, -0.2) is 38.9 Å². The first-order valence-corrected chi connectivity index (χ1v) is 10.8. The first-order valence-electron chi connectivity index (χ1n) is 9.95. The zero-order chi connectivity index (χ0) is 23.4. The Kier molecular flexibility index (Phi) is 6.41. The Labute approximate surface area is 191 Å². The first kappa shape index (κ1) is 22.1. The second kappa shape index (κ2) is 9.57. The van der Waals surface area contributed by atoms with E-state index in [0.717, 1.165) is 5.69 Å². The molecule has 3 N–H and O–H groups in total. The molecule has 0 saturated heterocycles. The summed E-state index contributed by atoms with van der Waals surface area (Å²) >= 11 is 1.38. The summed E-state index contributed by atoms with van der Waals surface area (Å²) in [6.45, 7) is 1.58. The van der Waals surface area contributed by atoms with Crippen LogP contribution in [0.3, 0.4) is 0 Å². The summed E-state index contributed by atoms with van der Waals surface area (Å²) in [5.41, 5.74) is 2.26. The third-order valence-corrected chi connectivity index (χ3v) is 5.41. The van der Waals surface area contributed by atoms with Crippen molar-refractivity contribution in [2.45, 2.75) is 13.3 Å². The SMILES string of the molecule is CC(=O)Nc1cccc(NC(=O)C(=O)NCCc2csc3nc(-c4cccc(F)c4)nn23)c1. The van der Waals surface area contributed by atoms with Crippen LogP contribution in [0, 0.1) is 5.82 Å². The molecule has 4 aromatic rings. The molecule has 0 aliphatic rings. The molecule has 2 aromatic heterocycles. The normalized spacial score (nSPS) is 10.7. The minimum atomic E-state index is -0.820. The van der Waals surface area contributed by atoms with Gasteiger partial charge in [-0.1, -0.05) is 18.2 Å². The van der Waals surface area contributed by atoms with Crippen LogP contribution < -0.4 is 16.0 Å². The number of nitrogens with zero attached hydrogens (tertiary/aromatic N) is 3. The standard InChI is InChI=1S/C22H19FN6O3S/c1-13(30)25-16-6-3-7-17(11-16)26-21(32)20(31)24-9-8-18-12-33-22-27-19(28-29(18)22)14-4-2-5-15(23)10-14/h2-7,10-12H,8-9H2,1H3,(H,24,31)(H,25,30)(H,26,32). The quantitative estimate of drug-likeness (QED) is 0.378. The molecule has 9 nitrogen and oxygen atoms in total. The fourth-order valence-corrected chi connectivity index (χ4v) is 3.95. The molecule has 0 unspecified atom stereocenters. The molecule has 4 rings (SSSR count). The number of thiazole rings is 1. The second-order valence-electron chi connectivity index (χ2n) is 7.09. The van der Waals surface area contributed by atoms with Crippen LogP contribution >= 0.6 is 11.3 Å². The third kappa shape index (κ3) is 5.39. The lowest BCUT2D eigenvalue weighted by molar-refractivity contribution is -0.136. The summed E-state index contributed by atoms with van der Waals surface area (Å²) in [5, 5.41) is 14.0. The number of fused-ring (bicyclic) bond motifs is 1. The number of carbonyl (C=O) groups is 3. The Balaban J connectivity index is 1.34. The highest BCUT2D eigenvalue weighted by Gasteiger charge is 2.15. The highest BCUT2D eigenvalue weighted by molar-refractivity contribution is 7.15. The van der Waals surface area contributed by atoms with E-state index in [4.69, 9.17) is 0 Å². The molecule has 0 aliphatic heterocycles. The number of anilines is 2. The molecule has 0 aliphatic carbocycles. The maximum absolute atomic E-state index is 13.5. The summed E-state index contributed by atoms with van der Waals surface area (Å²) < 4.78 is 15.1. The van der Waals surface area contributed by atoms with Crippen LogP contribution in [0.5, 0.6) is 0 Å². The zero-order valence-corrected chi connectivity index (χ0v) is 18.3. The predicted octanol–water partition coefficient (Wildman–Crippen LogP) is 2.85. The van der Waals surface area contributed by atoms with Gasteiger partial charge in [0.15, 0.2) is 5.82 Å². The molecular formula is C22H19FN6O3S. The van der Waals surface area contributed by atoms with E-state index in [0.29, 0.717) is 34.1 Å². The monoisotopic (exact) mass is 466 g/mol. The fraction of sp³-hybridized carbons (Fsp3) is 0.136. The number of hydrogen-bond donors (Lipinski definition) is 3. The van der Waals surface area contributed by atoms with Gasteiger partial charge < -0.3 is 16.0 Å². The molecule has 168 valence electrons. The summed E-state index contributed by atoms with van der Waals surface area (Å²) in [6.07, 6.45) is 0.420. The lowest BCUT2D eigenvalue weighted by Crippen LogP contribution is -2.36. The molecule has 2 heterocycles. The van der Waals surface area contributed by atoms with Crippen LogP contribution in [0.2, 0.25) is 0 Å². The van der Waals surface area contributed by atoms with E-state index < -0.39 is 11.8 Å². The average Bonchev–Trinajstić information content (AvgIpc) is 3.35. The maximum Gasteiger partial charge on any atom is 0.313 e. The van der Waals surface area contributed by atoms with E-state index in [1.54, 1.807) is 40.9 Å². The van der Waals surface area contributed by atoms with E-state index in [1.807, 2.05) is 5.38 Å². The molecule has 2 aromatic carbocycles. The summed E-state index contributed by atoms with van der Waals surface area (Å²) in [6, 6.07) is 12.5. The van der Waals surface area contributed by atoms with Crippen molar-refractivity contribution in [3.05, 3.63) is 65.4 Å². The van der Waals surface area contributed by atoms with Crippen molar-refractivity contribution in [3.63, 3.8) is 0 Å². The van der Waals surface area contributed by atoms with E-state index in [9.17, 15) is 18.8 Å². The van der Waals surface area contributed by atoms with Crippen LogP contribution in [0.15, 0.2) is 53.9 Å². The van der Waals surface area contributed by atoms with Crippen LogP contribution in [0.4, 0.5) is 15.8 Å². The van der Waals surface area contributed by atoms with Gasteiger partial charge in [0.2, 0.25) is 10.9 Å². The van der Waals surface area contributed by atoms with Crippen molar-refractivity contribution < 1.29 is 18.8 Å². The van der Waals surface area contributed by atoms with E-state index in [-0.39, 0.29) is 18.3 Å². The van der Waals surface area contributed by atoms with Gasteiger partial charge in [0.05, 0.1) is 5.69 Å². The van der Waals surface area contributed by atoms with Crippen molar-refractivity contribution in [2.24, 2.45) is 0 Å². The number of rotatable bonds is 6. The molecule has 3 amide bonds. The molecule has 0 saturated carbocycles. The second-order valence-corrected chi connectivity index (χ2v) is 7.93. The average molecular weight is 466 g/mol. The number of amides is 3. The van der Waals surface area contributed by atoms with Gasteiger partial charge in [-0.2, -0.15) is 4.98 Å². The van der Waals surface area contributed by atoms with Gasteiger partial charge in [0.1, 0.15) is 5.82 Å². The Bertz CT molecular complexity index is 1350. The van der Waals surface area contributed by atoms with Gasteiger partial charge in [-0.05, 0) is 30.3 Å². The lowest BCUT2D eigenvalue weighted by Gasteiger charge is -2.08. The van der Waals surface area contributed by atoms with Crippen molar-refractivity contribution in [3.8, 4) is 11.4 Å². The molecule has 33 heavy (non-hydrogen) atoms. The molecule has 0 radical (unpaired) electrons. The molecule has 0 bridgehead atoms. The molecule has 0 atom stereocenters. The smallest absolute Gasteiger partial charge is 0.313 e. The number of hydrogen-bond acceptors (Lipinski definition) is 6. The maximum atomic E-state index is 13.5. The lowest BCUT2D eigenvalue weighted by atomic mass is 10.2. The molecule has 0 spiro atoms. The van der Waals surface area contributed by atoms with Crippen molar-refractivity contribution >= 4 is 45.4 Å². The fourth-order valence-electron chi connectivity index (χ4n) is 3.10. The van der Waals surface area contributed by atoms with E-state index in [2.05, 4.69) is 26.0 Å². The molecular weight excluding hydrogens is 447 g/mol. The van der Waals surface area contributed by atoms with Gasteiger partial charge >= 0.3 is 11.8 Å². The topological polar surface area (TPSA) is 117 Å². The first-order chi connectivity index (χ1) is 15.9. The van der Waals surface area contributed by atoms with Gasteiger partial charge in [0, 0.05) is 42.2 Å². The van der Waals surface area contributed by atoms with Crippen LogP contribution in [0.1, 0.15) is 12.6 Å². The number of halogens is 1. The summed E-state index contributed by atoms with van der Waals surface area (Å²) in [4.78, 5) is 40.5. The van der Waals surface area contributed by atoms with Crippen molar-refractivity contribution in [1.82, 2.24) is 19.9 Å². The summed E-state index contributed by atoms with van der Waals surface area (Å²) in [7, 11) is 0. The highest BCUT2D eigenvalue weighted by atomic mass is 32.1. The minimum Gasteiger partial charge on any atom is -0.347 e. The number of aromatic nitrogens is 3. The Morgan fingerprint density at radius 1 is 1.03 bits per heavy atom. The highest BCUT2D eigenvalue weighted by Crippen LogP contribution is 2.21. The predicted molar refractivity (Wildman–Crippen MR) is 122 cm³/mol. The number of benzene rings is 2. The van der Waals surface area contributed by atoms with Gasteiger partial charge in [-0.3, -0.25) is 14.4 Å². The summed E-state index contributed by atoms with van der Waals surface area (Å²) in [5.74, 6) is -1.81.